The molecule has 0 fully saturated rings. The van der Waals surface area contributed by atoms with Gasteiger partial charge in [-0.2, -0.15) is 0 Å². The summed E-state index contributed by atoms with van der Waals surface area (Å²) in [4.78, 5) is 8.18. The van der Waals surface area contributed by atoms with Gasteiger partial charge in [0.1, 0.15) is 5.82 Å². The Labute approximate surface area is 98.1 Å². The van der Waals surface area contributed by atoms with Crippen LogP contribution in [0.2, 0.25) is 0 Å². The lowest BCUT2D eigenvalue weighted by molar-refractivity contribution is 0.417. The minimum Gasteiger partial charge on any atom is -0.345 e. The minimum atomic E-state index is 0.146. The van der Waals surface area contributed by atoms with Crippen LogP contribution in [0.5, 0.6) is 0 Å². The van der Waals surface area contributed by atoms with Gasteiger partial charge >= 0.3 is 0 Å². The molecule has 0 saturated carbocycles. The molecule has 1 heterocycles. The number of aromatic amines is 1. The molecule has 1 aliphatic carbocycles. The van der Waals surface area contributed by atoms with E-state index in [1.165, 1.54) is 17.8 Å². The second kappa shape index (κ2) is 3.59. The first-order valence-corrected chi connectivity index (χ1v) is 6.11. The zero-order valence-corrected chi connectivity index (χ0v) is 11.1. The molecule has 0 amide bonds. The molecule has 0 aromatic carbocycles. The first kappa shape index (κ1) is 11.6. The molecule has 1 aromatic heterocycles. The van der Waals surface area contributed by atoms with Gasteiger partial charge in [-0.25, -0.2) is 4.98 Å². The molecule has 0 atom stereocenters. The van der Waals surface area contributed by atoms with E-state index in [1.54, 1.807) is 0 Å². The van der Waals surface area contributed by atoms with E-state index in [4.69, 9.17) is 4.98 Å². The SMILES string of the molecule is CC(C)(C)NCc1nc2c([nH]1)CCC2(C)C. The summed E-state index contributed by atoms with van der Waals surface area (Å²) in [5.41, 5.74) is 3.02. The quantitative estimate of drug-likeness (QED) is 0.805. The van der Waals surface area contributed by atoms with E-state index in [2.05, 4.69) is 44.9 Å². The molecular weight excluding hydrogens is 198 g/mol. The van der Waals surface area contributed by atoms with Gasteiger partial charge in [0, 0.05) is 16.6 Å². The van der Waals surface area contributed by atoms with Crippen molar-refractivity contribution in [2.75, 3.05) is 0 Å². The largest absolute Gasteiger partial charge is 0.345 e. The number of fused-ring (bicyclic) bond motifs is 1. The Morgan fingerprint density at radius 2 is 2.06 bits per heavy atom. The maximum Gasteiger partial charge on any atom is 0.120 e. The predicted octanol–water partition coefficient (Wildman–Crippen LogP) is 2.52. The first-order valence-electron chi connectivity index (χ1n) is 6.11. The van der Waals surface area contributed by atoms with Crippen LogP contribution in [0.15, 0.2) is 0 Å². The second-order valence-electron chi connectivity index (χ2n) is 6.50. The highest BCUT2D eigenvalue weighted by molar-refractivity contribution is 5.28. The van der Waals surface area contributed by atoms with Crippen LogP contribution in [-0.4, -0.2) is 15.5 Å². The summed E-state index contributed by atoms with van der Waals surface area (Å²) in [5, 5.41) is 3.46. The third-order valence-corrected chi connectivity index (χ3v) is 3.26. The summed E-state index contributed by atoms with van der Waals surface area (Å²) in [6.07, 6.45) is 2.36. The predicted molar refractivity (Wildman–Crippen MR) is 66.5 cm³/mol. The van der Waals surface area contributed by atoms with Crippen molar-refractivity contribution in [2.45, 2.75) is 65.0 Å². The van der Waals surface area contributed by atoms with Crippen molar-refractivity contribution in [3.8, 4) is 0 Å². The van der Waals surface area contributed by atoms with E-state index >= 15 is 0 Å². The summed E-state index contributed by atoms with van der Waals surface area (Å²) in [6.45, 7) is 11.9. The van der Waals surface area contributed by atoms with E-state index < -0.39 is 0 Å². The molecule has 0 radical (unpaired) electrons. The van der Waals surface area contributed by atoms with Crippen molar-refractivity contribution in [3.63, 3.8) is 0 Å². The number of nitrogens with one attached hydrogen (secondary N) is 2. The van der Waals surface area contributed by atoms with Crippen LogP contribution in [0.4, 0.5) is 0 Å². The van der Waals surface area contributed by atoms with Gasteiger partial charge < -0.3 is 10.3 Å². The highest BCUT2D eigenvalue weighted by Crippen LogP contribution is 2.36. The van der Waals surface area contributed by atoms with Crippen LogP contribution in [0.1, 0.15) is 58.3 Å². The number of aromatic nitrogens is 2. The molecule has 0 bridgehead atoms. The minimum absolute atomic E-state index is 0.146. The zero-order chi connectivity index (χ0) is 12.0. The smallest absolute Gasteiger partial charge is 0.120 e. The number of H-pyrrole nitrogens is 1. The molecule has 0 unspecified atom stereocenters. The van der Waals surface area contributed by atoms with Crippen molar-refractivity contribution in [1.29, 1.82) is 0 Å². The maximum atomic E-state index is 4.73. The third-order valence-electron chi connectivity index (χ3n) is 3.26. The standard InChI is InChI=1S/C13H23N3/c1-12(2,3)14-8-10-15-9-6-7-13(4,5)11(9)16-10/h14H,6-8H2,1-5H3,(H,15,16). The van der Waals surface area contributed by atoms with Gasteiger partial charge in [-0.05, 0) is 33.6 Å². The molecule has 3 heteroatoms. The number of hydrogen-bond donors (Lipinski definition) is 2. The van der Waals surface area contributed by atoms with Crippen LogP contribution in [-0.2, 0) is 18.4 Å². The molecule has 2 rings (SSSR count). The molecular formula is C13H23N3. The molecule has 16 heavy (non-hydrogen) atoms. The first-order chi connectivity index (χ1) is 7.28. The Kier molecular flexibility index (Phi) is 2.61. The van der Waals surface area contributed by atoms with Crippen molar-refractivity contribution in [1.82, 2.24) is 15.3 Å². The number of hydrogen-bond acceptors (Lipinski definition) is 2. The molecule has 0 spiro atoms. The average molecular weight is 221 g/mol. The number of aryl methyl sites for hydroxylation is 1. The van der Waals surface area contributed by atoms with E-state index in [9.17, 15) is 0 Å². The molecule has 1 aliphatic rings. The van der Waals surface area contributed by atoms with Gasteiger partial charge in [0.25, 0.3) is 0 Å². The Balaban J connectivity index is 2.10. The fourth-order valence-electron chi connectivity index (χ4n) is 2.19. The molecule has 90 valence electrons. The Hall–Kier alpha value is -0.830. The van der Waals surface area contributed by atoms with Crippen LogP contribution in [0.3, 0.4) is 0 Å². The van der Waals surface area contributed by atoms with Crippen molar-refractivity contribution in [3.05, 3.63) is 17.2 Å². The molecule has 3 nitrogen and oxygen atoms in total. The highest BCUT2D eigenvalue weighted by atomic mass is 15.0. The monoisotopic (exact) mass is 221 g/mol. The van der Waals surface area contributed by atoms with Crippen molar-refractivity contribution < 1.29 is 0 Å². The van der Waals surface area contributed by atoms with Crippen molar-refractivity contribution in [2.24, 2.45) is 0 Å². The van der Waals surface area contributed by atoms with Crippen LogP contribution in [0, 0.1) is 0 Å². The van der Waals surface area contributed by atoms with Gasteiger partial charge in [-0.15, -0.1) is 0 Å². The Bertz CT molecular complexity index is 382. The fraction of sp³-hybridized carbons (Fsp3) is 0.769. The van der Waals surface area contributed by atoms with E-state index in [-0.39, 0.29) is 11.0 Å². The molecule has 1 aromatic rings. The van der Waals surface area contributed by atoms with Crippen LogP contribution in [0.25, 0.3) is 0 Å². The lowest BCUT2D eigenvalue weighted by atomic mass is 9.91. The molecule has 0 aliphatic heterocycles. The topological polar surface area (TPSA) is 40.7 Å². The van der Waals surface area contributed by atoms with Gasteiger partial charge in [-0.1, -0.05) is 13.8 Å². The summed E-state index contributed by atoms with van der Waals surface area (Å²) in [7, 11) is 0. The zero-order valence-electron chi connectivity index (χ0n) is 11.1. The lowest BCUT2D eigenvalue weighted by Crippen LogP contribution is -2.35. The summed E-state index contributed by atoms with van der Waals surface area (Å²) in [5.74, 6) is 1.08. The van der Waals surface area contributed by atoms with Gasteiger partial charge in [0.2, 0.25) is 0 Å². The Morgan fingerprint density at radius 3 is 2.62 bits per heavy atom. The highest BCUT2D eigenvalue weighted by Gasteiger charge is 2.33. The number of nitrogens with zero attached hydrogens (tertiary/aromatic N) is 1. The van der Waals surface area contributed by atoms with Crippen molar-refractivity contribution >= 4 is 0 Å². The fourth-order valence-corrected chi connectivity index (χ4v) is 2.19. The number of rotatable bonds is 2. The van der Waals surface area contributed by atoms with E-state index in [0.29, 0.717) is 0 Å². The summed E-state index contributed by atoms with van der Waals surface area (Å²) >= 11 is 0. The summed E-state index contributed by atoms with van der Waals surface area (Å²) < 4.78 is 0. The van der Waals surface area contributed by atoms with Gasteiger partial charge in [0.15, 0.2) is 0 Å². The maximum absolute atomic E-state index is 4.73. The normalized spacial score (nSPS) is 18.8. The number of imidazole rings is 1. The molecule has 0 saturated heterocycles. The van der Waals surface area contributed by atoms with Gasteiger partial charge in [0.05, 0.1) is 12.2 Å². The van der Waals surface area contributed by atoms with E-state index in [1.807, 2.05) is 0 Å². The van der Waals surface area contributed by atoms with Crippen LogP contribution >= 0.6 is 0 Å². The lowest BCUT2D eigenvalue weighted by Gasteiger charge is -2.20. The van der Waals surface area contributed by atoms with E-state index in [0.717, 1.165) is 18.8 Å². The third kappa shape index (κ3) is 2.29. The van der Waals surface area contributed by atoms with Gasteiger partial charge in [-0.3, -0.25) is 0 Å². The summed E-state index contributed by atoms with van der Waals surface area (Å²) in [6, 6.07) is 0. The average Bonchev–Trinajstić information content (AvgIpc) is 2.63. The second-order valence-corrected chi connectivity index (χ2v) is 6.50. The van der Waals surface area contributed by atoms with Crippen LogP contribution < -0.4 is 5.32 Å². The Morgan fingerprint density at radius 1 is 1.38 bits per heavy atom. The molecule has 2 N–H and O–H groups in total.